The summed E-state index contributed by atoms with van der Waals surface area (Å²) in [4.78, 5) is 24.8. The van der Waals surface area contributed by atoms with Crippen LogP contribution in [0.25, 0.3) is 28.2 Å². The van der Waals surface area contributed by atoms with Gasteiger partial charge < -0.3 is 24.1 Å². The highest BCUT2D eigenvalue weighted by atomic mass is 16.7. The third-order valence-corrected chi connectivity index (χ3v) is 4.67. The number of hydrogen-bond donors (Lipinski definition) is 2. The third kappa shape index (κ3) is 2.55. The van der Waals surface area contributed by atoms with E-state index in [1.165, 1.54) is 4.40 Å². The van der Waals surface area contributed by atoms with Gasteiger partial charge >= 0.3 is 0 Å². The van der Waals surface area contributed by atoms with Crippen LogP contribution in [0.2, 0.25) is 0 Å². The smallest absolute Gasteiger partial charge is 0.287 e. The van der Waals surface area contributed by atoms with Crippen LogP contribution in [0.3, 0.4) is 0 Å². The van der Waals surface area contributed by atoms with Crippen LogP contribution >= 0.6 is 0 Å². The van der Waals surface area contributed by atoms with E-state index in [4.69, 9.17) is 14.6 Å². The van der Waals surface area contributed by atoms with Crippen LogP contribution in [0.4, 0.5) is 0 Å². The molecule has 4 heterocycles. The molecule has 1 aromatic carbocycles. The Kier molecular flexibility index (Phi) is 3.61. The van der Waals surface area contributed by atoms with Crippen molar-refractivity contribution in [3.63, 3.8) is 0 Å². The number of aliphatic hydroxyl groups excluding tert-OH is 1. The fraction of sp³-hybridized carbons (Fsp3) is 0.278. The number of fused-ring (bicyclic) bond motifs is 3. The maximum atomic E-state index is 12.8. The minimum absolute atomic E-state index is 0.141. The number of aromatic amines is 1. The van der Waals surface area contributed by atoms with Crippen molar-refractivity contribution in [3.05, 3.63) is 41.1 Å². The number of rotatable bonds is 5. The number of H-pyrrole nitrogens is 1. The van der Waals surface area contributed by atoms with Crippen LogP contribution in [0.1, 0.15) is 12.8 Å². The predicted octanol–water partition coefficient (Wildman–Crippen LogP) is 1.54. The standard InChI is InChI=1S/C18H17N5O4/c24-6-2-1-5-22-9-19-15-16(22)21-18-20-12(8-23(18)17(15)25)11-3-4-13-14(7-11)27-10-26-13/h3-4,7-9,24H,1-2,5-6,10H2,(H,20,21). The number of imidazole rings is 2. The van der Waals surface area contributed by atoms with Crippen LogP contribution in [0.5, 0.6) is 11.5 Å². The fourth-order valence-electron chi connectivity index (χ4n) is 3.27. The maximum Gasteiger partial charge on any atom is 0.287 e. The van der Waals surface area contributed by atoms with Crippen LogP contribution in [-0.2, 0) is 6.54 Å². The number of ether oxygens (including phenoxy) is 2. The highest BCUT2D eigenvalue weighted by Crippen LogP contribution is 2.35. The lowest BCUT2D eigenvalue weighted by atomic mass is 10.1. The van der Waals surface area contributed by atoms with E-state index in [1.54, 1.807) is 12.5 Å². The predicted molar refractivity (Wildman–Crippen MR) is 97.0 cm³/mol. The molecule has 3 aromatic heterocycles. The summed E-state index contributed by atoms with van der Waals surface area (Å²) in [7, 11) is 0. The molecule has 0 aliphatic carbocycles. The molecule has 0 amide bonds. The van der Waals surface area contributed by atoms with Crippen molar-refractivity contribution >= 4 is 16.9 Å². The number of aryl methyl sites for hydroxylation is 1. The molecule has 0 atom stereocenters. The largest absolute Gasteiger partial charge is 0.454 e. The van der Waals surface area contributed by atoms with E-state index in [9.17, 15) is 4.79 Å². The first-order chi connectivity index (χ1) is 13.2. The van der Waals surface area contributed by atoms with Gasteiger partial charge in [-0.25, -0.2) is 9.38 Å². The average Bonchev–Trinajstić information content (AvgIpc) is 3.39. The SMILES string of the molecule is O=c1c2ncn(CCCCO)c2nc2[nH]c(-c3ccc4c(c3)OCO4)cn12. The Morgan fingerprint density at radius 1 is 1.22 bits per heavy atom. The van der Waals surface area contributed by atoms with Crippen molar-refractivity contribution in [1.29, 1.82) is 0 Å². The Bertz CT molecular complexity index is 1210. The maximum absolute atomic E-state index is 12.8. The highest BCUT2D eigenvalue weighted by molar-refractivity contribution is 5.73. The molecule has 0 saturated heterocycles. The zero-order chi connectivity index (χ0) is 18.4. The summed E-state index contributed by atoms with van der Waals surface area (Å²) in [6.45, 7) is 1.00. The lowest BCUT2D eigenvalue weighted by Gasteiger charge is -2.02. The van der Waals surface area contributed by atoms with Gasteiger partial charge in [-0.3, -0.25) is 4.79 Å². The molecule has 0 radical (unpaired) electrons. The molecule has 5 rings (SSSR count). The molecular formula is C18H17N5O4. The first-order valence-electron chi connectivity index (χ1n) is 8.72. The molecule has 0 saturated carbocycles. The molecule has 2 N–H and O–H groups in total. The highest BCUT2D eigenvalue weighted by Gasteiger charge is 2.17. The molecule has 0 unspecified atom stereocenters. The second-order valence-electron chi connectivity index (χ2n) is 6.39. The van der Waals surface area contributed by atoms with Gasteiger partial charge in [0.05, 0.1) is 12.0 Å². The van der Waals surface area contributed by atoms with E-state index >= 15 is 0 Å². The number of benzene rings is 1. The number of hydrogen-bond acceptors (Lipinski definition) is 6. The van der Waals surface area contributed by atoms with Crippen LogP contribution in [0.15, 0.2) is 35.5 Å². The van der Waals surface area contributed by atoms with E-state index in [2.05, 4.69) is 15.0 Å². The van der Waals surface area contributed by atoms with E-state index < -0.39 is 0 Å². The molecule has 0 spiro atoms. The molecule has 4 aromatic rings. The van der Waals surface area contributed by atoms with E-state index in [0.717, 1.165) is 17.7 Å². The topological polar surface area (TPSA) is 107 Å². The quantitative estimate of drug-likeness (QED) is 0.518. The molecule has 138 valence electrons. The van der Waals surface area contributed by atoms with Gasteiger partial charge in [-0.1, -0.05) is 0 Å². The van der Waals surface area contributed by atoms with Crippen LogP contribution in [-0.4, -0.2) is 42.4 Å². The van der Waals surface area contributed by atoms with Crippen LogP contribution < -0.4 is 15.0 Å². The number of nitrogens with zero attached hydrogens (tertiary/aromatic N) is 4. The van der Waals surface area contributed by atoms with E-state index in [0.29, 0.717) is 41.4 Å². The molecule has 9 nitrogen and oxygen atoms in total. The van der Waals surface area contributed by atoms with Gasteiger partial charge in [-0.05, 0) is 31.0 Å². The first kappa shape index (κ1) is 15.9. The number of nitrogens with one attached hydrogen (secondary N) is 1. The number of aliphatic hydroxyl groups is 1. The first-order valence-corrected chi connectivity index (χ1v) is 8.72. The van der Waals surface area contributed by atoms with Gasteiger partial charge in [0, 0.05) is 24.9 Å². The summed E-state index contributed by atoms with van der Waals surface area (Å²) in [6, 6.07) is 5.61. The average molecular weight is 367 g/mol. The minimum Gasteiger partial charge on any atom is -0.454 e. The molecule has 0 bridgehead atoms. The van der Waals surface area contributed by atoms with Crippen molar-refractivity contribution in [2.75, 3.05) is 13.4 Å². The van der Waals surface area contributed by atoms with Crippen molar-refractivity contribution in [3.8, 4) is 22.8 Å². The van der Waals surface area contributed by atoms with E-state index in [1.807, 2.05) is 22.8 Å². The molecule has 1 aliphatic rings. The van der Waals surface area contributed by atoms with Crippen molar-refractivity contribution in [1.82, 2.24) is 23.9 Å². The summed E-state index contributed by atoms with van der Waals surface area (Å²) in [5.74, 6) is 1.83. The molecule has 9 heteroatoms. The Labute approximate surface area is 152 Å². The lowest BCUT2D eigenvalue weighted by Crippen LogP contribution is -2.14. The summed E-state index contributed by atoms with van der Waals surface area (Å²) in [5.41, 5.74) is 2.26. The third-order valence-electron chi connectivity index (χ3n) is 4.67. The van der Waals surface area contributed by atoms with Crippen molar-refractivity contribution in [2.45, 2.75) is 19.4 Å². The normalized spacial score (nSPS) is 13.1. The Hall–Kier alpha value is -3.33. The number of aromatic nitrogens is 5. The van der Waals surface area contributed by atoms with E-state index in [-0.39, 0.29) is 19.0 Å². The summed E-state index contributed by atoms with van der Waals surface area (Å²) in [6.07, 6.45) is 4.81. The zero-order valence-electron chi connectivity index (χ0n) is 14.4. The van der Waals surface area contributed by atoms with Gasteiger partial charge in [0.1, 0.15) is 0 Å². The number of unbranched alkanes of at least 4 members (excludes halogenated alkanes) is 1. The van der Waals surface area contributed by atoms with Gasteiger partial charge in [0.15, 0.2) is 22.7 Å². The fourth-order valence-corrected chi connectivity index (χ4v) is 3.27. The second-order valence-corrected chi connectivity index (χ2v) is 6.39. The zero-order valence-corrected chi connectivity index (χ0v) is 14.4. The lowest BCUT2D eigenvalue weighted by molar-refractivity contribution is 0.174. The second kappa shape index (κ2) is 6.13. The Morgan fingerprint density at radius 3 is 3.00 bits per heavy atom. The Morgan fingerprint density at radius 2 is 2.11 bits per heavy atom. The van der Waals surface area contributed by atoms with Crippen LogP contribution in [0, 0.1) is 0 Å². The van der Waals surface area contributed by atoms with Crippen molar-refractivity contribution < 1.29 is 14.6 Å². The molecule has 1 aliphatic heterocycles. The summed E-state index contributed by atoms with van der Waals surface area (Å²) < 4.78 is 14.1. The minimum atomic E-state index is -0.223. The van der Waals surface area contributed by atoms with Crippen molar-refractivity contribution in [2.24, 2.45) is 0 Å². The molecular weight excluding hydrogens is 350 g/mol. The van der Waals surface area contributed by atoms with Gasteiger partial charge in [0.2, 0.25) is 12.6 Å². The van der Waals surface area contributed by atoms with Gasteiger partial charge in [-0.15, -0.1) is 0 Å². The molecule has 27 heavy (non-hydrogen) atoms. The summed E-state index contributed by atoms with van der Waals surface area (Å²) in [5, 5.41) is 8.95. The monoisotopic (exact) mass is 367 g/mol. The van der Waals surface area contributed by atoms with Gasteiger partial charge in [0.25, 0.3) is 5.56 Å². The Balaban J connectivity index is 1.60. The van der Waals surface area contributed by atoms with Gasteiger partial charge in [-0.2, -0.15) is 4.98 Å². The molecule has 0 fully saturated rings. The summed E-state index contributed by atoms with van der Waals surface area (Å²) >= 11 is 0.